The van der Waals surface area contributed by atoms with Crippen LogP contribution in [0.2, 0.25) is 0 Å². The van der Waals surface area contributed by atoms with E-state index < -0.39 is 29.9 Å². The summed E-state index contributed by atoms with van der Waals surface area (Å²) in [7, 11) is 0. The number of urea groups is 1. The number of hydrazone groups is 1. The Morgan fingerprint density at radius 3 is 2.44 bits per heavy atom. The topological polar surface area (TPSA) is 74.2 Å². The molecule has 0 bridgehead atoms. The molecule has 2 aromatic rings. The monoisotopic (exact) mass is 474 g/mol. The summed E-state index contributed by atoms with van der Waals surface area (Å²) in [5, 5.41) is 8.58. The Morgan fingerprint density at radius 2 is 1.82 bits per heavy atom. The highest BCUT2D eigenvalue weighted by atomic mass is 19.4. The molecule has 2 aliphatic heterocycles. The molecule has 1 unspecified atom stereocenters. The van der Waals surface area contributed by atoms with E-state index in [-0.39, 0.29) is 19.1 Å². The second-order valence-corrected chi connectivity index (χ2v) is 8.38. The van der Waals surface area contributed by atoms with Crippen molar-refractivity contribution >= 4 is 17.6 Å². The van der Waals surface area contributed by atoms with E-state index in [1.807, 2.05) is 31.2 Å². The van der Waals surface area contributed by atoms with E-state index in [1.165, 1.54) is 17.1 Å². The van der Waals surface area contributed by atoms with Gasteiger partial charge in [0.1, 0.15) is 6.61 Å². The van der Waals surface area contributed by atoms with Crippen LogP contribution in [0.15, 0.2) is 53.6 Å². The summed E-state index contributed by atoms with van der Waals surface area (Å²) in [5.74, 6) is -0.170. The van der Waals surface area contributed by atoms with E-state index in [1.54, 1.807) is 11.8 Å². The first-order chi connectivity index (χ1) is 16.1. The number of hydrogen-bond donors (Lipinski definition) is 1. The predicted octanol–water partition coefficient (Wildman–Crippen LogP) is 3.73. The van der Waals surface area contributed by atoms with Gasteiger partial charge in [0.2, 0.25) is 5.91 Å². The van der Waals surface area contributed by atoms with Gasteiger partial charge in [0.25, 0.3) is 0 Å². The van der Waals surface area contributed by atoms with Crippen LogP contribution in [0.4, 0.5) is 18.0 Å². The van der Waals surface area contributed by atoms with Crippen molar-refractivity contribution in [3.63, 3.8) is 0 Å². The number of carbonyl (C=O) groups excluding carboxylic acids is 2. The van der Waals surface area contributed by atoms with Gasteiger partial charge >= 0.3 is 12.2 Å². The van der Waals surface area contributed by atoms with Crippen molar-refractivity contribution in [3.05, 3.63) is 70.8 Å². The number of ether oxygens (including phenoxy) is 1. The van der Waals surface area contributed by atoms with E-state index >= 15 is 0 Å². The van der Waals surface area contributed by atoms with Gasteiger partial charge in [-0.05, 0) is 37.1 Å². The first-order valence-electron chi connectivity index (χ1n) is 10.9. The molecule has 1 fully saturated rings. The highest BCUT2D eigenvalue weighted by molar-refractivity contribution is 6.08. The minimum absolute atomic E-state index is 0.0190. The Bertz CT molecular complexity index is 1080. The molecular formula is C24H25F3N4O3. The molecule has 0 aromatic heterocycles. The molecule has 4 rings (SSSR count). The van der Waals surface area contributed by atoms with Crippen molar-refractivity contribution < 1.29 is 27.5 Å². The lowest BCUT2D eigenvalue weighted by Crippen LogP contribution is -2.52. The fourth-order valence-corrected chi connectivity index (χ4v) is 4.00. The van der Waals surface area contributed by atoms with Gasteiger partial charge in [0, 0.05) is 6.54 Å². The minimum Gasteiger partial charge on any atom is -0.370 e. The van der Waals surface area contributed by atoms with Gasteiger partial charge < -0.3 is 15.0 Å². The van der Waals surface area contributed by atoms with Crippen LogP contribution in [-0.4, -0.2) is 59.9 Å². The average molecular weight is 474 g/mol. The van der Waals surface area contributed by atoms with Gasteiger partial charge in [-0.25, -0.2) is 9.80 Å². The lowest BCUT2D eigenvalue weighted by molar-refractivity contribution is -0.144. The van der Waals surface area contributed by atoms with Gasteiger partial charge in [-0.15, -0.1) is 0 Å². The van der Waals surface area contributed by atoms with Gasteiger partial charge in [0.15, 0.2) is 0 Å². The molecule has 1 saturated heterocycles. The van der Waals surface area contributed by atoms with Crippen LogP contribution in [0.5, 0.6) is 0 Å². The third-order valence-corrected chi connectivity index (χ3v) is 5.95. The highest BCUT2D eigenvalue weighted by Crippen LogP contribution is 2.30. The number of morpholine rings is 1. The highest BCUT2D eigenvalue weighted by Gasteiger charge is 2.38. The van der Waals surface area contributed by atoms with Crippen molar-refractivity contribution in [3.8, 4) is 0 Å². The molecule has 2 aromatic carbocycles. The lowest BCUT2D eigenvalue weighted by Gasteiger charge is -2.33. The van der Waals surface area contributed by atoms with Gasteiger partial charge in [-0.3, -0.25) is 4.79 Å². The largest absolute Gasteiger partial charge is 0.416 e. The van der Waals surface area contributed by atoms with Crippen LogP contribution in [0, 0.1) is 6.92 Å². The molecular weight excluding hydrogens is 449 g/mol. The van der Waals surface area contributed by atoms with Crippen molar-refractivity contribution in [2.24, 2.45) is 5.10 Å². The third kappa shape index (κ3) is 5.06. The first kappa shape index (κ1) is 23.7. The Hall–Kier alpha value is -3.40. The molecule has 7 nitrogen and oxygen atoms in total. The molecule has 180 valence electrons. The average Bonchev–Trinajstić information content (AvgIpc) is 3.25. The maximum absolute atomic E-state index is 13.0. The van der Waals surface area contributed by atoms with Crippen LogP contribution >= 0.6 is 0 Å². The normalized spacial score (nSPS) is 19.7. The number of benzene rings is 2. The Labute approximate surface area is 195 Å². The molecule has 34 heavy (non-hydrogen) atoms. The van der Waals surface area contributed by atoms with E-state index in [0.717, 1.165) is 23.3 Å². The summed E-state index contributed by atoms with van der Waals surface area (Å²) in [6.07, 6.45) is -4.42. The Morgan fingerprint density at radius 1 is 1.15 bits per heavy atom. The number of nitrogens with one attached hydrogen (secondary N) is 1. The Balaban J connectivity index is 1.52. The molecule has 2 heterocycles. The number of aryl methyl sites for hydroxylation is 1. The number of halogens is 3. The number of carbonyl (C=O) groups is 2. The zero-order valence-corrected chi connectivity index (χ0v) is 18.8. The molecule has 0 aliphatic carbocycles. The molecule has 0 radical (unpaired) electrons. The lowest BCUT2D eigenvalue weighted by atomic mass is 10.0. The summed E-state index contributed by atoms with van der Waals surface area (Å²) in [6, 6.07) is 10.9. The molecule has 2 atom stereocenters. The standard InChI is InChI=1S/C24H25F3N4O3/c1-15-3-5-18(6-4-15)22-20(30-11-12-34-14-21(30)32)13-31(29-22)23(33)28-16(2)17-7-9-19(10-8-17)24(25,26)27/h3-10,16,20H,11-14H2,1-2H3,(H,28,33)/t16-,20?/m1/s1. The summed E-state index contributed by atoms with van der Waals surface area (Å²) in [5.41, 5.74) is 2.26. The van der Waals surface area contributed by atoms with Gasteiger partial charge in [-0.2, -0.15) is 18.3 Å². The van der Waals surface area contributed by atoms with Gasteiger partial charge in [0.05, 0.1) is 36.5 Å². The summed E-state index contributed by atoms with van der Waals surface area (Å²) in [4.78, 5) is 27.2. The smallest absolute Gasteiger partial charge is 0.370 e. The molecule has 1 N–H and O–H groups in total. The maximum Gasteiger partial charge on any atom is 0.416 e. The number of alkyl halides is 3. The number of nitrogens with zero attached hydrogens (tertiary/aromatic N) is 3. The zero-order valence-electron chi connectivity index (χ0n) is 18.8. The van der Waals surface area contributed by atoms with Gasteiger partial charge in [-0.1, -0.05) is 42.0 Å². The van der Waals surface area contributed by atoms with Crippen molar-refractivity contribution in [1.82, 2.24) is 15.2 Å². The molecule has 2 aliphatic rings. The maximum atomic E-state index is 13.0. The molecule has 10 heteroatoms. The number of amides is 3. The van der Waals surface area contributed by atoms with E-state index in [4.69, 9.17) is 4.74 Å². The first-order valence-corrected chi connectivity index (χ1v) is 10.9. The fourth-order valence-electron chi connectivity index (χ4n) is 4.00. The minimum atomic E-state index is -4.42. The van der Waals surface area contributed by atoms with Crippen LogP contribution < -0.4 is 5.32 Å². The van der Waals surface area contributed by atoms with E-state index in [2.05, 4.69) is 10.4 Å². The Kier molecular flexibility index (Phi) is 6.60. The number of hydrogen-bond acceptors (Lipinski definition) is 4. The summed E-state index contributed by atoms with van der Waals surface area (Å²) in [6.45, 7) is 4.59. The van der Waals surface area contributed by atoms with Crippen LogP contribution in [0.25, 0.3) is 0 Å². The van der Waals surface area contributed by atoms with E-state index in [0.29, 0.717) is 24.4 Å². The van der Waals surface area contributed by atoms with Crippen LogP contribution in [0.1, 0.15) is 35.2 Å². The zero-order chi connectivity index (χ0) is 24.5. The summed E-state index contributed by atoms with van der Waals surface area (Å²) < 4.78 is 43.7. The van der Waals surface area contributed by atoms with Crippen LogP contribution in [0.3, 0.4) is 0 Å². The number of rotatable bonds is 4. The van der Waals surface area contributed by atoms with E-state index in [9.17, 15) is 22.8 Å². The molecule has 0 saturated carbocycles. The summed E-state index contributed by atoms with van der Waals surface area (Å²) >= 11 is 0. The molecule has 3 amide bonds. The quantitative estimate of drug-likeness (QED) is 0.734. The predicted molar refractivity (Wildman–Crippen MR) is 119 cm³/mol. The third-order valence-electron chi connectivity index (χ3n) is 5.95. The molecule has 0 spiro atoms. The SMILES string of the molecule is Cc1ccc(C2=NN(C(=O)N[C@H](C)c3ccc(C(F)(F)F)cc3)CC2N2CCOCC2=O)cc1. The second-order valence-electron chi connectivity index (χ2n) is 8.38. The van der Waals surface area contributed by atoms with Crippen molar-refractivity contribution in [2.45, 2.75) is 32.1 Å². The van der Waals surface area contributed by atoms with Crippen LogP contribution in [-0.2, 0) is 15.7 Å². The van der Waals surface area contributed by atoms with Crippen molar-refractivity contribution in [2.75, 3.05) is 26.3 Å². The second kappa shape index (κ2) is 9.46. The fraction of sp³-hybridized carbons (Fsp3) is 0.375. The van der Waals surface area contributed by atoms with Crippen molar-refractivity contribution in [1.29, 1.82) is 0 Å².